The molecule has 0 bridgehead atoms. The van der Waals surface area contributed by atoms with Crippen LogP contribution in [0.4, 0.5) is 4.79 Å². The lowest BCUT2D eigenvalue weighted by Crippen LogP contribution is -2.40. The Labute approximate surface area is 96.1 Å². The zero-order chi connectivity index (χ0) is 12.2. The van der Waals surface area contributed by atoms with Gasteiger partial charge in [0.05, 0.1) is 18.8 Å². The minimum Gasteiger partial charge on any atom is -0.444 e. The second-order valence-corrected chi connectivity index (χ2v) is 5.07. The van der Waals surface area contributed by atoms with Gasteiger partial charge in [-0.2, -0.15) is 0 Å². The molecular weight excluding hydrogens is 210 g/mol. The van der Waals surface area contributed by atoms with E-state index in [4.69, 9.17) is 9.47 Å². The molecule has 0 spiro atoms. The summed E-state index contributed by atoms with van der Waals surface area (Å²) in [7, 11) is 0. The van der Waals surface area contributed by atoms with Crippen molar-refractivity contribution in [1.29, 1.82) is 0 Å². The lowest BCUT2D eigenvalue weighted by molar-refractivity contribution is -0.0543. The van der Waals surface area contributed by atoms with Crippen molar-refractivity contribution in [3.8, 4) is 0 Å². The third-order valence-corrected chi connectivity index (χ3v) is 2.22. The maximum Gasteiger partial charge on any atom is 0.407 e. The summed E-state index contributed by atoms with van der Waals surface area (Å²) in [5, 5.41) is 11.9. The van der Waals surface area contributed by atoms with Gasteiger partial charge in [-0.3, -0.25) is 0 Å². The zero-order valence-corrected chi connectivity index (χ0v) is 10.2. The number of amides is 1. The summed E-state index contributed by atoms with van der Waals surface area (Å²) in [6.45, 7) is 6.24. The van der Waals surface area contributed by atoms with Crippen molar-refractivity contribution < 1.29 is 19.4 Å². The number of alkyl carbamates (subject to hydrolysis) is 1. The normalized spacial score (nSPS) is 26.2. The molecule has 1 amide bonds. The second kappa shape index (κ2) is 5.50. The molecule has 0 radical (unpaired) electrons. The molecule has 1 saturated heterocycles. The van der Waals surface area contributed by atoms with Gasteiger partial charge in [-0.15, -0.1) is 0 Å². The summed E-state index contributed by atoms with van der Waals surface area (Å²) in [5.74, 6) is 0. The van der Waals surface area contributed by atoms with Crippen molar-refractivity contribution in [2.45, 2.75) is 51.4 Å². The third-order valence-electron chi connectivity index (χ3n) is 2.22. The average molecular weight is 231 g/mol. The Hall–Kier alpha value is -0.810. The van der Waals surface area contributed by atoms with Crippen molar-refractivity contribution >= 4 is 6.09 Å². The Morgan fingerprint density at radius 1 is 1.50 bits per heavy atom. The smallest absolute Gasteiger partial charge is 0.407 e. The third kappa shape index (κ3) is 5.32. The van der Waals surface area contributed by atoms with Crippen molar-refractivity contribution in [3.63, 3.8) is 0 Å². The SMILES string of the molecule is CC(C)(C)OC(=O)NC[C@@H]1CC[C@H](O)CO1. The fourth-order valence-corrected chi connectivity index (χ4v) is 1.46. The van der Waals surface area contributed by atoms with Crippen LogP contribution in [0.5, 0.6) is 0 Å². The first-order valence-corrected chi connectivity index (χ1v) is 5.63. The molecule has 2 N–H and O–H groups in total. The van der Waals surface area contributed by atoms with Crippen LogP contribution in [-0.2, 0) is 9.47 Å². The molecule has 0 saturated carbocycles. The Balaban J connectivity index is 2.17. The summed E-state index contributed by atoms with van der Waals surface area (Å²) in [5.41, 5.74) is -0.478. The molecule has 1 heterocycles. The molecule has 0 aromatic carbocycles. The minimum absolute atomic E-state index is 0.0177. The summed E-state index contributed by atoms with van der Waals surface area (Å²) in [4.78, 5) is 11.3. The van der Waals surface area contributed by atoms with Gasteiger partial charge in [0, 0.05) is 6.54 Å². The van der Waals surface area contributed by atoms with E-state index < -0.39 is 11.7 Å². The molecule has 2 atom stereocenters. The van der Waals surface area contributed by atoms with Crippen LogP contribution in [0.2, 0.25) is 0 Å². The molecule has 16 heavy (non-hydrogen) atoms. The van der Waals surface area contributed by atoms with Crippen LogP contribution < -0.4 is 5.32 Å². The maximum atomic E-state index is 11.3. The van der Waals surface area contributed by atoms with E-state index in [1.54, 1.807) is 0 Å². The largest absolute Gasteiger partial charge is 0.444 e. The van der Waals surface area contributed by atoms with Crippen LogP contribution in [-0.4, -0.2) is 42.2 Å². The lowest BCUT2D eigenvalue weighted by atomic mass is 10.1. The van der Waals surface area contributed by atoms with Crippen molar-refractivity contribution in [2.24, 2.45) is 0 Å². The van der Waals surface area contributed by atoms with Crippen LogP contribution in [0.15, 0.2) is 0 Å². The number of rotatable bonds is 2. The highest BCUT2D eigenvalue weighted by atomic mass is 16.6. The molecule has 0 aromatic heterocycles. The number of nitrogens with one attached hydrogen (secondary N) is 1. The van der Waals surface area contributed by atoms with E-state index in [1.165, 1.54) is 0 Å². The van der Waals surface area contributed by atoms with Crippen LogP contribution >= 0.6 is 0 Å². The quantitative estimate of drug-likeness (QED) is 0.745. The summed E-state index contributed by atoms with van der Waals surface area (Å²) in [6, 6.07) is 0. The maximum absolute atomic E-state index is 11.3. The lowest BCUT2D eigenvalue weighted by Gasteiger charge is -2.27. The first-order valence-electron chi connectivity index (χ1n) is 5.63. The van der Waals surface area contributed by atoms with Gasteiger partial charge in [0.1, 0.15) is 5.60 Å². The fourth-order valence-electron chi connectivity index (χ4n) is 1.46. The van der Waals surface area contributed by atoms with E-state index in [0.717, 1.165) is 12.8 Å². The van der Waals surface area contributed by atoms with Gasteiger partial charge in [0.25, 0.3) is 0 Å². The summed E-state index contributed by atoms with van der Waals surface area (Å²) < 4.78 is 10.4. The van der Waals surface area contributed by atoms with E-state index in [1.807, 2.05) is 20.8 Å². The summed E-state index contributed by atoms with van der Waals surface area (Å²) >= 11 is 0. The van der Waals surface area contributed by atoms with Gasteiger partial charge in [0.15, 0.2) is 0 Å². The molecule has 5 heteroatoms. The number of carbonyl (C=O) groups is 1. The van der Waals surface area contributed by atoms with Crippen LogP contribution in [0.1, 0.15) is 33.6 Å². The molecule has 1 aliphatic heterocycles. The number of carbonyl (C=O) groups excluding carboxylic acids is 1. The number of hydrogen-bond acceptors (Lipinski definition) is 4. The van der Waals surface area contributed by atoms with E-state index in [0.29, 0.717) is 13.2 Å². The Morgan fingerprint density at radius 3 is 2.69 bits per heavy atom. The Bertz CT molecular complexity index is 229. The van der Waals surface area contributed by atoms with E-state index in [2.05, 4.69) is 5.32 Å². The minimum atomic E-state index is -0.478. The van der Waals surface area contributed by atoms with Crippen LogP contribution in [0.25, 0.3) is 0 Å². The Kier molecular flexibility index (Phi) is 4.56. The molecule has 1 fully saturated rings. The van der Waals surface area contributed by atoms with Gasteiger partial charge < -0.3 is 19.9 Å². The molecule has 1 rings (SSSR count). The molecular formula is C11H21NO4. The standard InChI is InChI=1S/C11H21NO4/c1-11(2,3)16-10(14)12-6-9-5-4-8(13)7-15-9/h8-9,13H,4-7H2,1-3H3,(H,12,14)/t8-,9-/m0/s1. The van der Waals surface area contributed by atoms with Crippen molar-refractivity contribution in [3.05, 3.63) is 0 Å². The van der Waals surface area contributed by atoms with Crippen molar-refractivity contribution in [2.75, 3.05) is 13.2 Å². The second-order valence-electron chi connectivity index (χ2n) is 5.07. The fraction of sp³-hybridized carbons (Fsp3) is 0.909. The predicted octanol–water partition coefficient (Wildman–Crippen LogP) is 1.05. The monoisotopic (exact) mass is 231 g/mol. The highest BCUT2D eigenvalue weighted by molar-refractivity contribution is 5.67. The highest BCUT2D eigenvalue weighted by Gasteiger charge is 2.21. The van der Waals surface area contributed by atoms with E-state index >= 15 is 0 Å². The number of aliphatic hydroxyl groups is 1. The van der Waals surface area contributed by atoms with E-state index in [-0.39, 0.29) is 12.2 Å². The van der Waals surface area contributed by atoms with Crippen LogP contribution in [0.3, 0.4) is 0 Å². The number of hydrogen-bond donors (Lipinski definition) is 2. The number of ether oxygens (including phenoxy) is 2. The van der Waals surface area contributed by atoms with Gasteiger partial charge in [-0.05, 0) is 33.6 Å². The van der Waals surface area contributed by atoms with E-state index in [9.17, 15) is 9.90 Å². The van der Waals surface area contributed by atoms with Gasteiger partial charge in [-0.1, -0.05) is 0 Å². The van der Waals surface area contributed by atoms with Gasteiger partial charge in [-0.25, -0.2) is 4.79 Å². The topological polar surface area (TPSA) is 67.8 Å². The average Bonchev–Trinajstić information content (AvgIpc) is 2.14. The van der Waals surface area contributed by atoms with Crippen molar-refractivity contribution in [1.82, 2.24) is 5.32 Å². The first-order chi connectivity index (χ1) is 7.37. The molecule has 0 aromatic rings. The zero-order valence-electron chi connectivity index (χ0n) is 10.2. The molecule has 5 nitrogen and oxygen atoms in total. The predicted molar refractivity (Wildman–Crippen MR) is 59.2 cm³/mol. The van der Waals surface area contributed by atoms with Gasteiger partial charge >= 0.3 is 6.09 Å². The Morgan fingerprint density at radius 2 is 2.19 bits per heavy atom. The molecule has 94 valence electrons. The van der Waals surface area contributed by atoms with Crippen LogP contribution in [0, 0.1) is 0 Å². The summed E-state index contributed by atoms with van der Waals surface area (Å²) in [6.07, 6.45) is 0.674. The molecule has 1 aliphatic rings. The number of aliphatic hydroxyl groups excluding tert-OH is 1. The molecule has 0 aliphatic carbocycles. The first kappa shape index (κ1) is 13.3. The highest BCUT2D eigenvalue weighted by Crippen LogP contribution is 2.13. The van der Waals surface area contributed by atoms with Gasteiger partial charge in [0.2, 0.25) is 0 Å². The molecule has 0 unspecified atom stereocenters.